The lowest BCUT2D eigenvalue weighted by molar-refractivity contribution is 0.302. The van der Waals surface area contributed by atoms with Crippen LogP contribution < -0.4 is 10.1 Å². The molecule has 0 fully saturated rings. The zero-order chi connectivity index (χ0) is 11.9. The molecule has 2 rings (SSSR count). The Morgan fingerprint density at radius 2 is 2.28 bits per heavy atom. The van der Waals surface area contributed by atoms with E-state index in [1.807, 2.05) is 18.2 Å². The summed E-state index contributed by atoms with van der Waals surface area (Å²) in [5.74, 6) is 0.674. The van der Waals surface area contributed by atoms with E-state index < -0.39 is 0 Å². The molecule has 0 radical (unpaired) electrons. The number of thiophene rings is 1. The van der Waals surface area contributed by atoms with Crippen molar-refractivity contribution in [1.29, 1.82) is 0 Å². The molecular formula is C12H14BrClN2OS. The average molecular weight is 350 g/mol. The molecule has 1 N–H and O–H groups in total. The Kier molecular flexibility index (Phi) is 7.27. The standard InChI is InChI=1S/C12H13BrN2OS.ClH/c13-10-7-11(17-9-10)8-14-5-6-16-12-3-1-2-4-15-12;/h1-4,7,9,14H,5-6,8H2;1H. The van der Waals surface area contributed by atoms with E-state index in [9.17, 15) is 0 Å². The number of hydrogen-bond acceptors (Lipinski definition) is 4. The van der Waals surface area contributed by atoms with Crippen LogP contribution in [0, 0.1) is 0 Å². The number of nitrogens with zero attached hydrogens (tertiary/aromatic N) is 1. The normalized spacial score (nSPS) is 9.83. The van der Waals surface area contributed by atoms with Gasteiger partial charge in [-0.05, 0) is 28.1 Å². The third-order valence-electron chi connectivity index (χ3n) is 2.09. The van der Waals surface area contributed by atoms with Crippen molar-refractivity contribution in [1.82, 2.24) is 10.3 Å². The Balaban J connectivity index is 0.00000162. The fourth-order valence-corrected chi connectivity index (χ4v) is 2.74. The summed E-state index contributed by atoms with van der Waals surface area (Å²) < 4.78 is 6.61. The highest BCUT2D eigenvalue weighted by Gasteiger charge is 1.97. The lowest BCUT2D eigenvalue weighted by atomic mass is 10.4. The van der Waals surface area contributed by atoms with Crippen molar-refractivity contribution < 1.29 is 4.74 Å². The summed E-state index contributed by atoms with van der Waals surface area (Å²) in [6.07, 6.45) is 1.73. The first kappa shape index (κ1) is 15.4. The zero-order valence-electron chi connectivity index (χ0n) is 9.64. The molecule has 0 aliphatic heterocycles. The third-order valence-corrected chi connectivity index (χ3v) is 3.79. The Morgan fingerprint density at radius 3 is 2.94 bits per heavy atom. The van der Waals surface area contributed by atoms with E-state index >= 15 is 0 Å². The quantitative estimate of drug-likeness (QED) is 0.811. The van der Waals surface area contributed by atoms with Crippen LogP contribution in [0.1, 0.15) is 4.88 Å². The topological polar surface area (TPSA) is 34.1 Å². The van der Waals surface area contributed by atoms with E-state index in [2.05, 4.69) is 37.7 Å². The monoisotopic (exact) mass is 348 g/mol. The van der Waals surface area contributed by atoms with Crippen LogP contribution in [0.15, 0.2) is 40.3 Å². The third kappa shape index (κ3) is 5.35. The van der Waals surface area contributed by atoms with E-state index in [0.29, 0.717) is 12.5 Å². The van der Waals surface area contributed by atoms with Gasteiger partial charge in [0.1, 0.15) is 6.61 Å². The molecule has 2 aromatic rings. The minimum atomic E-state index is 0. The second kappa shape index (κ2) is 8.48. The lowest BCUT2D eigenvalue weighted by Crippen LogP contribution is -2.20. The molecule has 0 aromatic carbocycles. The van der Waals surface area contributed by atoms with Crippen molar-refractivity contribution in [3.8, 4) is 5.88 Å². The van der Waals surface area contributed by atoms with Gasteiger partial charge in [-0.25, -0.2) is 4.98 Å². The Hall–Kier alpha value is -0.620. The molecule has 0 aliphatic rings. The van der Waals surface area contributed by atoms with Crippen LogP contribution >= 0.6 is 39.7 Å². The van der Waals surface area contributed by atoms with Crippen LogP contribution in [-0.4, -0.2) is 18.1 Å². The van der Waals surface area contributed by atoms with Gasteiger partial charge in [-0.2, -0.15) is 0 Å². The predicted octanol–water partition coefficient (Wildman–Crippen LogP) is 3.50. The molecule has 0 saturated heterocycles. The first-order valence-electron chi connectivity index (χ1n) is 5.32. The van der Waals surface area contributed by atoms with Crippen molar-refractivity contribution in [2.24, 2.45) is 0 Å². The number of hydrogen-bond donors (Lipinski definition) is 1. The minimum Gasteiger partial charge on any atom is -0.476 e. The summed E-state index contributed by atoms with van der Waals surface area (Å²) in [6, 6.07) is 7.77. The van der Waals surface area contributed by atoms with Gasteiger partial charge in [0.25, 0.3) is 0 Å². The van der Waals surface area contributed by atoms with Gasteiger partial charge in [0.05, 0.1) is 0 Å². The molecule has 0 bridgehead atoms. The maximum Gasteiger partial charge on any atom is 0.213 e. The zero-order valence-corrected chi connectivity index (χ0v) is 12.9. The van der Waals surface area contributed by atoms with E-state index in [1.54, 1.807) is 17.5 Å². The number of pyridine rings is 1. The van der Waals surface area contributed by atoms with E-state index in [1.165, 1.54) is 4.88 Å². The number of ether oxygens (including phenoxy) is 1. The van der Waals surface area contributed by atoms with Crippen LogP contribution in [-0.2, 0) is 6.54 Å². The van der Waals surface area contributed by atoms with Gasteiger partial charge in [-0.3, -0.25) is 0 Å². The molecular weight excluding hydrogens is 336 g/mol. The van der Waals surface area contributed by atoms with Crippen molar-refractivity contribution in [2.45, 2.75) is 6.54 Å². The maximum atomic E-state index is 5.47. The number of aromatic nitrogens is 1. The summed E-state index contributed by atoms with van der Waals surface area (Å²) in [4.78, 5) is 5.40. The molecule has 0 unspecified atom stereocenters. The van der Waals surface area contributed by atoms with Crippen LogP contribution in [0.25, 0.3) is 0 Å². The first-order chi connectivity index (χ1) is 8.34. The van der Waals surface area contributed by atoms with Gasteiger partial charge in [-0.15, -0.1) is 23.7 Å². The molecule has 3 nitrogen and oxygen atoms in total. The van der Waals surface area contributed by atoms with Gasteiger partial charge in [0.2, 0.25) is 5.88 Å². The molecule has 18 heavy (non-hydrogen) atoms. The summed E-state index contributed by atoms with van der Waals surface area (Å²) in [7, 11) is 0. The molecule has 2 aromatic heterocycles. The van der Waals surface area contributed by atoms with Crippen LogP contribution in [0.2, 0.25) is 0 Å². The molecule has 98 valence electrons. The largest absolute Gasteiger partial charge is 0.476 e. The molecule has 0 atom stereocenters. The number of halogens is 2. The highest BCUT2D eigenvalue weighted by Crippen LogP contribution is 2.19. The number of nitrogens with one attached hydrogen (secondary N) is 1. The van der Waals surface area contributed by atoms with Crippen molar-refractivity contribution in [2.75, 3.05) is 13.2 Å². The first-order valence-corrected chi connectivity index (χ1v) is 6.99. The average Bonchev–Trinajstić information content (AvgIpc) is 2.76. The Labute approximate surface area is 125 Å². The van der Waals surface area contributed by atoms with Crippen molar-refractivity contribution in [3.05, 3.63) is 45.2 Å². The molecule has 0 aliphatic carbocycles. The summed E-state index contributed by atoms with van der Waals surface area (Å²) in [5.41, 5.74) is 0. The van der Waals surface area contributed by atoms with E-state index in [-0.39, 0.29) is 12.4 Å². The van der Waals surface area contributed by atoms with Crippen LogP contribution in [0.3, 0.4) is 0 Å². The lowest BCUT2D eigenvalue weighted by Gasteiger charge is -2.05. The minimum absolute atomic E-state index is 0. The predicted molar refractivity (Wildman–Crippen MR) is 80.7 cm³/mol. The van der Waals surface area contributed by atoms with Crippen molar-refractivity contribution in [3.63, 3.8) is 0 Å². The highest BCUT2D eigenvalue weighted by atomic mass is 79.9. The second-order valence-electron chi connectivity index (χ2n) is 3.42. The maximum absolute atomic E-state index is 5.47. The van der Waals surface area contributed by atoms with Crippen LogP contribution in [0.5, 0.6) is 5.88 Å². The summed E-state index contributed by atoms with van der Waals surface area (Å²) in [6.45, 7) is 2.32. The molecule has 2 heterocycles. The SMILES string of the molecule is Brc1csc(CNCCOc2ccccn2)c1.Cl. The second-order valence-corrected chi connectivity index (χ2v) is 5.34. The van der Waals surface area contributed by atoms with Gasteiger partial charge in [0.15, 0.2) is 0 Å². The Bertz CT molecular complexity index is 452. The van der Waals surface area contributed by atoms with Crippen molar-refractivity contribution >= 4 is 39.7 Å². The summed E-state index contributed by atoms with van der Waals surface area (Å²) >= 11 is 5.18. The van der Waals surface area contributed by atoms with E-state index in [0.717, 1.165) is 17.6 Å². The smallest absolute Gasteiger partial charge is 0.213 e. The molecule has 0 amide bonds. The molecule has 6 heteroatoms. The number of rotatable bonds is 6. The Morgan fingerprint density at radius 1 is 1.39 bits per heavy atom. The van der Waals surface area contributed by atoms with Gasteiger partial charge >= 0.3 is 0 Å². The highest BCUT2D eigenvalue weighted by molar-refractivity contribution is 9.10. The van der Waals surface area contributed by atoms with Gasteiger partial charge in [0, 0.05) is 40.1 Å². The van der Waals surface area contributed by atoms with Gasteiger partial charge in [-0.1, -0.05) is 6.07 Å². The molecule has 0 saturated carbocycles. The van der Waals surface area contributed by atoms with Gasteiger partial charge < -0.3 is 10.1 Å². The fraction of sp³-hybridized carbons (Fsp3) is 0.250. The summed E-state index contributed by atoms with van der Waals surface area (Å²) in [5, 5.41) is 5.41. The fourth-order valence-electron chi connectivity index (χ4n) is 1.32. The van der Waals surface area contributed by atoms with E-state index in [4.69, 9.17) is 4.74 Å². The molecule has 0 spiro atoms. The van der Waals surface area contributed by atoms with Crippen LogP contribution in [0.4, 0.5) is 0 Å².